The van der Waals surface area contributed by atoms with Gasteiger partial charge < -0.3 is 9.64 Å². The van der Waals surface area contributed by atoms with Crippen LogP contribution in [0.25, 0.3) is 0 Å². The lowest BCUT2D eigenvalue weighted by Gasteiger charge is -2.21. The van der Waals surface area contributed by atoms with Gasteiger partial charge in [-0.2, -0.15) is 0 Å². The van der Waals surface area contributed by atoms with Gasteiger partial charge in [0.15, 0.2) is 0 Å². The van der Waals surface area contributed by atoms with Crippen LogP contribution in [0.1, 0.15) is 25.5 Å². The van der Waals surface area contributed by atoms with Gasteiger partial charge in [-0.25, -0.2) is 0 Å². The maximum Gasteiger partial charge on any atom is 0.107 e. The van der Waals surface area contributed by atoms with Crippen LogP contribution in [0.4, 0.5) is 0 Å². The van der Waals surface area contributed by atoms with Gasteiger partial charge in [0.2, 0.25) is 0 Å². The quantitative estimate of drug-likeness (QED) is 0.690. The zero-order valence-electron chi connectivity index (χ0n) is 12.5. The van der Waals surface area contributed by atoms with Gasteiger partial charge in [-0.1, -0.05) is 48.6 Å². The molecule has 0 aliphatic rings. The van der Waals surface area contributed by atoms with Gasteiger partial charge in [0.25, 0.3) is 0 Å². The van der Waals surface area contributed by atoms with E-state index in [2.05, 4.69) is 68.4 Å². The SMILES string of the molecule is C/C=C\C(=C/C)C(OCCN(C)C)c1ccccc1. The van der Waals surface area contributed by atoms with Crippen LogP contribution in [0.3, 0.4) is 0 Å². The highest BCUT2D eigenvalue weighted by Crippen LogP contribution is 2.26. The normalized spacial score (nSPS) is 14.3. The summed E-state index contributed by atoms with van der Waals surface area (Å²) in [5.41, 5.74) is 2.40. The molecule has 0 N–H and O–H groups in total. The summed E-state index contributed by atoms with van der Waals surface area (Å²) in [6, 6.07) is 10.4. The van der Waals surface area contributed by atoms with Crippen molar-refractivity contribution in [1.29, 1.82) is 0 Å². The first-order valence-corrected chi connectivity index (χ1v) is 6.79. The molecule has 0 spiro atoms. The smallest absolute Gasteiger partial charge is 0.107 e. The zero-order valence-corrected chi connectivity index (χ0v) is 12.5. The van der Waals surface area contributed by atoms with Crippen molar-refractivity contribution in [2.24, 2.45) is 0 Å². The molecule has 0 aromatic heterocycles. The Morgan fingerprint density at radius 2 is 1.89 bits per heavy atom. The van der Waals surface area contributed by atoms with Crippen LogP contribution in [0, 0.1) is 0 Å². The van der Waals surface area contributed by atoms with Crippen LogP contribution in [-0.4, -0.2) is 32.1 Å². The van der Waals surface area contributed by atoms with Crippen molar-refractivity contribution in [2.75, 3.05) is 27.2 Å². The number of rotatable bonds is 7. The second kappa shape index (κ2) is 8.68. The van der Waals surface area contributed by atoms with Crippen molar-refractivity contribution in [2.45, 2.75) is 20.0 Å². The Kier molecular flexibility index (Phi) is 7.16. The third kappa shape index (κ3) is 5.41. The molecule has 0 saturated carbocycles. The Morgan fingerprint density at radius 1 is 1.21 bits per heavy atom. The average molecular weight is 259 g/mol. The number of hydrogen-bond acceptors (Lipinski definition) is 2. The molecular formula is C17H25NO. The van der Waals surface area contributed by atoms with Crippen LogP contribution >= 0.6 is 0 Å². The van der Waals surface area contributed by atoms with Gasteiger partial charge in [-0.05, 0) is 39.1 Å². The number of allylic oxidation sites excluding steroid dienone is 2. The standard InChI is InChI=1S/C17H25NO/c1-5-10-15(6-2)17(19-14-13-18(3)4)16-11-8-7-9-12-16/h5-12,17H,13-14H2,1-4H3/b10-5-,15-6+. The van der Waals surface area contributed by atoms with E-state index in [-0.39, 0.29) is 6.10 Å². The van der Waals surface area contributed by atoms with E-state index in [1.807, 2.05) is 13.0 Å². The number of hydrogen-bond donors (Lipinski definition) is 0. The van der Waals surface area contributed by atoms with Crippen LogP contribution in [0.2, 0.25) is 0 Å². The lowest BCUT2D eigenvalue weighted by molar-refractivity contribution is 0.0682. The van der Waals surface area contributed by atoms with Crippen molar-refractivity contribution >= 4 is 0 Å². The summed E-state index contributed by atoms with van der Waals surface area (Å²) in [5, 5.41) is 0. The van der Waals surface area contributed by atoms with E-state index < -0.39 is 0 Å². The van der Waals surface area contributed by atoms with Gasteiger partial charge in [-0.3, -0.25) is 0 Å². The Hall–Kier alpha value is -1.38. The van der Waals surface area contributed by atoms with E-state index in [1.165, 1.54) is 11.1 Å². The van der Waals surface area contributed by atoms with Crippen molar-refractivity contribution in [3.8, 4) is 0 Å². The summed E-state index contributed by atoms with van der Waals surface area (Å²) in [6.07, 6.45) is 6.31. The highest BCUT2D eigenvalue weighted by atomic mass is 16.5. The lowest BCUT2D eigenvalue weighted by atomic mass is 10.0. The maximum atomic E-state index is 6.08. The van der Waals surface area contributed by atoms with Crippen molar-refractivity contribution < 1.29 is 4.74 Å². The molecule has 0 fully saturated rings. The highest BCUT2D eigenvalue weighted by Gasteiger charge is 2.14. The highest BCUT2D eigenvalue weighted by molar-refractivity contribution is 5.32. The summed E-state index contributed by atoms with van der Waals surface area (Å²) in [4.78, 5) is 2.13. The van der Waals surface area contributed by atoms with E-state index in [0.29, 0.717) is 0 Å². The van der Waals surface area contributed by atoms with E-state index in [1.54, 1.807) is 0 Å². The van der Waals surface area contributed by atoms with Crippen LogP contribution in [-0.2, 0) is 4.74 Å². The number of ether oxygens (including phenoxy) is 1. The number of likely N-dealkylation sites (N-methyl/N-ethyl adjacent to an activating group) is 1. The fraction of sp³-hybridized carbons (Fsp3) is 0.412. The topological polar surface area (TPSA) is 12.5 Å². The molecular weight excluding hydrogens is 234 g/mol. The molecule has 0 aliphatic carbocycles. The van der Waals surface area contributed by atoms with E-state index in [9.17, 15) is 0 Å². The van der Waals surface area contributed by atoms with Gasteiger partial charge in [0.1, 0.15) is 6.10 Å². The minimum absolute atomic E-state index is 0.0161. The molecule has 104 valence electrons. The van der Waals surface area contributed by atoms with E-state index in [4.69, 9.17) is 4.74 Å². The minimum Gasteiger partial charge on any atom is -0.367 e. The van der Waals surface area contributed by atoms with Crippen LogP contribution in [0.15, 0.2) is 54.1 Å². The summed E-state index contributed by atoms with van der Waals surface area (Å²) >= 11 is 0. The summed E-state index contributed by atoms with van der Waals surface area (Å²) in [7, 11) is 4.12. The number of nitrogens with zero attached hydrogens (tertiary/aromatic N) is 1. The minimum atomic E-state index is 0.0161. The molecule has 0 aliphatic heterocycles. The van der Waals surface area contributed by atoms with Crippen molar-refractivity contribution in [3.63, 3.8) is 0 Å². The Labute approximate surface area is 117 Å². The fourth-order valence-electron chi connectivity index (χ4n) is 1.89. The third-order valence-electron chi connectivity index (χ3n) is 2.92. The molecule has 2 nitrogen and oxygen atoms in total. The predicted octanol–water partition coefficient (Wildman–Crippen LogP) is 3.83. The Bertz CT molecular complexity index is 407. The fourth-order valence-corrected chi connectivity index (χ4v) is 1.89. The predicted molar refractivity (Wildman–Crippen MR) is 82.3 cm³/mol. The largest absolute Gasteiger partial charge is 0.367 e. The molecule has 0 radical (unpaired) electrons. The molecule has 0 amide bonds. The Morgan fingerprint density at radius 3 is 2.42 bits per heavy atom. The van der Waals surface area contributed by atoms with E-state index >= 15 is 0 Å². The van der Waals surface area contributed by atoms with Gasteiger partial charge in [0.05, 0.1) is 6.61 Å². The maximum absolute atomic E-state index is 6.08. The van der Waals surface area contributed by atoms with Crippen LogP contribution in [0.5, 0.6) is 0 Å². The van der Waals surface area contributed by atoms with Crippen LogP contribution < -0.4 is 0 Å². The Balaban J connectivity index is 2.85. The number of benzene rings is 1. The molecule has 0 bridgehead atoms. The molecule has 1 unspecified atom stereocenters. The second-order valence-electron chi connectivity index (χ2n) is 4.75. The summed E-state index contributed by atoms with van der Waals surface area (Å²) in [5.74, 6) is 0. The van der Waals surface area contributed by atoms with Gasteiger partial charge >= 0.3 is 0 Å². The first-order valence-electron chi connectivity index (χ1n) is 6.79. The molecule has 2 heteroatoms. The molecule has 1 atom stereocenters. The first-order chi connectivity index (χ1) is 9.19. The van der Waals surface area contributed by atoms with Gasteiger partial charge in [0, 0.05) is 6.54 Å². The molecule has 1 aromatic carbocycles. The molecule has 0 heterocycles. The second-order valence-corrected chi connectivity index (χ2v) is 4.75. The van der Waals surface area contributed by atoms with Crippen molar-refractivity contribution in [1.82, 2.24) is 4.90 Å². The summed E-state index contributed by atoms with van der Waals surface area (Å²) in [6.45, 7) is 5.74. The molecule has 1 rings (SSSR count). The summed E-state index contributed by atoms with van der Waals surface area (Å²) < 4.78 is 6.08. The molecule has 19 heavy (non-hydrogen) atoms. The van der Waals surface area contributed by atoms with Crippen molar-refractivity contribution in [3.05, 3.63) is 59.7 Å². The zero-order chi connectivity index (χ0) is 14.1. The average Bonchev–Trinajstić information content (AvgIpc) is 2.42. The monoisotopic (exact) mass is 259 g/mol. The molecule has 0 saturated heterocycles. The third-order valence-corrected chi connectivity index (χ3v) is 2.92. The molecule has 1 aromatic rings. The first kappa shape index (κ1) is 15.7. The van der Waals surface area contributed by atoms with E-state index in [0.717, 1.165) is 13.2 Å². The lowest BCUT2D eigenvalue weighted by Crippen LogP contribution is -2.20. The van der Waals surface area contributed by atoms with Gasteiger partial charge in [-0.15, -0.1) is 0 Å².